The second kappa shape index (κ2) is 44.6. The molecule has 0 saturated carbocycles. The number of carbonyl (C=O) groups excluding carboxylic acids is 3. The Morgan fingerprint density at radius 3 is 1.18 bits per heavy atom. The second-order valence-corrected chi connectivity index (χ2v) is 14.9. The smallest absolute Gasteiger partial charge is 0.306 e. The summed E-state index contributed by atoms with van der Waals surface area (Å²) in [6.45, 7) is 6.31. The van der Waals surface area contributed by atoms with E-state index in [2.05, 4.69) is 93.7 Å². The van der Waals surface area contributed by atoms with Crippen molar-refractivity contribution in [3.8, 4) is 0 Å². The molecule has 0 N–H and O–H groups in total. The van der Waals surface area contributed by atoms with E-state index in [0.717, 1.165) is 96.3 Å². The van der Waals surface area contributed by atoms with Gasteiger partial charge in [-0.3, -0.25) is 14.4 Å². The number of hydrogen-bond donors (Lipinski definition) is 0. The molecule has 0 fully saturated rings. The molecule has 0 aliphatic rings. The van der Waals surface area contributed by atoms with Crippen LogP contribution in [0, 0.1) is 0 Å². The van der Waals surface area contributed by atoms with Crippen LogP contribution in [0.3, 0.4) is 0 Å². The number of carbonyl (C=O) groups is 3. The lowest BCUT2D eigenvalue weighted by atomic mass is 10.1. The van der Waals surface area contributed by atoms with Gasteiger partial charge in [-0.05, 0) is 96.3 Å². The van der Waals surface area contributed by atoms with Gasteiger partial charge in [-0.1, -0.05) is 164 Å². The molecule has 1 atom stereocenters. The Morgan fingerprint density at radius 2 is 0.714 bits per heavy atom. The van der Waals surface area contributed by atoms with Gasteiger partial charge in [0.05, 0.1) is 0 Å². The largest absolute Gasteiger partial charge is 0.462 e. The topological polar surface area (TPSA) is 78.9 Å². The maximum Gasteiger partial charge on any atom is 0.306 e. The van der Waals surface area contributed by atoms with E-state index in [1.165, 1.54) is 64.2 Å². The van der Waals surface area contributed by atoms with Gasteiger partial charge in [-0.25, -0.2) is 0 Å². The average Bonchev–Trinajstić information content (AvgIpc) is 3.19. The molecule has 0 spiro atoms. The fourth-order valence-electron chi connectivity index (χ4n) is 6.03. The van der Waals surface area contributed by atoms with Crippen LogP contribution in [0.15, 0.2) is 72.9 Å². The number of ether oxygens (including phenoxy) is 3. The quantitative estimate of drug-likeness (QED) is 0.0267. The zero-order valence-electron chi connectivity index (χ0n) is 36.4. The van der Waals surface area contributed by atoms with E-state index in [9.17, 15) is 14.4 Å². The minimum atomic E-state index is -0.802. The third-order valence-electron chi connectivity index (χ3n) is 9.43. The molecule has 0 aromatic heterocycles. The van der Waals surface area contributed by atoms with E-state index < -0.39 is 6.10 Å². The number of esters is 3. The lowest BCUT2D eigenvalue weighted by Gasteiger charge is -2.18. The Balaban J connectivity index is 4.45. The number of rotatable bonds is 40. The highest BCUT2D eigenvalue weighted by atomic mass is 16.6. The molecule has 6 nitrogen and oxygen atoms in total. The fourth-order valence-corrected chi connectivity index (χ4v) is 6.03. The molecule has 0 bridgehead atoms. The van der Waals surface area contributed by atoms with Crippen LogP contribution < -0.4 is 0 Å². The number of allylic oxidation sites excluding steroid dienone is 12. The Morgan fingerprint density at radius 1 is 0.375 bits per heavy atom. The molecule has 0 aliphatic carbocycles. The van der Waals surface area contributed by atoms with Crippen LogP contribution in [-0.4, -0.2) is 37.2 Å². The summed E-state index contributed by atoms with van der Waals surface area (Å²) < 4.78 is 16.6. The second-order valence-electron chi connectivity index (χ2n) is 14.9. The van der Waals surface area contributed by atoms with Crippen molar-refractivity contribution in [1.82, 2.24) is 0 Å². The van der Waals surface area contributed by atoms with Crippen molar-refractivity contribution in [3.63, 3.8) is 0 Å². The molecule has 56 heavy (non-hydrogen) atoms. The van der Waals surface area contributed by atoms with Crippen molar-refractivity contribution in [2.24, 2.45) is 0 Å². The van der Waals surface area contributed by atoms with Crippen LogP contribution in [0.1, 0.15) is 207 Å². The van der Waals surface area contributed by atoms with Gasteiger partial charge in [-0.2, -0.15) is 0 Å². The number of unbranched alkanes of at least 4 members (excludes halogenated alkanes) is 17. The van der Waals surface area contributed by atoms with Gasteiger partial charge in [-0.15, -0.1) is 0 Å². The molecular formula is C50H84O6. The third kappa shape index (κ3) is 42.0. The monoisotopic (exact) mass is 781 g/mol. The molecule has 0 amide bonds. The summed E-state index contributed by atoms with van der Waals surface area (Å²) in [7, 11) is 0. The van der Waals surface area contributed by atoms with Crippen LogP contribution >= 0.6 is 0 Å². The molecule has 0 aromatic carbocycles. The van der Waals surface area contributed by atoms with Gasteiger partial charge >= 0.3 is 17.9 Å². The molecule has 0 aliphatic heterocycles. The summed E-state index contributed by atoms with van der Waals surface area (Å²) in [5.74, 6) is -0.982. The Labute approximate surface area is 344 Å². The Kier molecular flexibility index (Phi) is 42.1. The first-order valence-electron chi connectivity index (χ1n) is 22.9. The summed E-state index contributed by atoms with van der Waals surface area (Å²) >= 11 is 0. The van der Waals surface area contributed by atoms with Gasteiger partial charge in [0.1, 0.15) is 13.2 Å². The number of hydrogen-bond acceptors (Lipinski definition) is 6. The summed E-state index contributed by atoms with van der Waals surface area (Å²) in [4.78, 5) is 37.7. The molecule has 320 valence electrons. The molecule has 6 heteroatoms. The molecule has 0 aromatic rings. The average molecular weight is 781 g/mol. The minimum Gasteiger partial charge on any atom is -0.462 e. The van der Waals surface area contributed by atoms with Gasteiger partial charge < -0.3 is 14.2 Å². The van der Waals surface area contributed by atoms with E-state index in [1.54, 1.807) is 0 Å². The summed E-state index contributed by atoms with van der Waals surface area (Å²) in [6, 6.07) is 0. The van der Waals surface area contributed by atoms with Crippen LogP contribution in [0.4, 0.5) is 0 Å². The van der Waals surface area contributed by atoms with E-state index in [4.69, 9.17) is 14.2 Å². The summed E-state index contributed by atoms with van der Waals surface area (Å²) in [6.07, 6.45) is 54.7. The van der Waals surface area contributed by atoms with Gasteiger partial charge in [0.25, 0.3) is 0 Å². The maximum atomic E-state index is 12.7. The van der Waals surface area contributed by atoms with Crippen molar-refractivity contribution < 1.29 is 28.6 Å². The first-order chi connectivity index (χ1) is 27.5. The van der Waals surface area contributed by atoms with Crippen molar-refractivity contribution in [2.45, 2.75) is 213 Å². The predicted molar refractivity (Wildman–Crippen MR) is 238 cm³/mol. The van der Waals surface area contributed by atoms with Gasteiger partial charge in [0.2, 0.25) is 0 Å². The zero-order valence-corrected chi connectivity index (χ0v) is 36.4. The van der Waals surface area contributed by atoms with E-state index in [0.29, 0.717) is 19.3 Å². The fraction of sp³-hybridized carbons (Fsp3) is 0.700. The van der Waals surface area contributed by atoms with E-state index >= 15 is 0 Å². The summed E-state index contributed by atoms with van der Waals surface area (Å²) in [5, 5.41) is 0. The normalized spacial score (nSPS) is 12.7. The molecule has 0 saturated heterocycles. The molecule has 0 heterocycles. The van der Waals surface area contributed by atoms with Crippen LogP contribution in [0.2, 0.25) is 0 Å². The van der Waals surface area contributed by atoms with Crippen molar-refractivity contribution in [1.29, 1.82) is 0 Å². The van der Waals surface area contributed by atoms with Gasteiger partial charge in [0, 0.05) is 19.3 Å². The maximum absolute atomic E-state index is 12.7. The zero-order chi connectivity index (χ0) is 40.8. The van der Waals surface area contributed by atoms with E-state index in [1.807, 2.05) is 0 Å². The van der Waals surface area contributed by atoms with Crippen LogP contribution in [0.25, 0.3) is 0 Å². The standard InChI is InChI=1S/C50H84O6/c1-4-7-10-13-16-19-22-24-25-26-29-31-34-37-40-43-49(52)55-46-47(45-54-48(51)42-39-36-33-30-27-21-18-15-12-9-6-3)56-50(53)44-41-38-35-32-28-23-20-17-14-11-8-5-2/h8-9,11-12,17-22,30,33,47H,4-7,10,13-16,23-29,31-32,34-46H2,1-3H3/b11-8-,12-9-,20-17-,21-18-,22-19-,33-30-. The van der Waals surface area contributed by atoms with Crippen molar-refractivity contribution in [3.05, 3.63) is 72.9 Å². The first-order valence-corrected chi connectivity index (χ1v) is 22.9. The van der Waals surface area contributed by atoms with Crippen molar-refractivity contribution >= 4 is 17.9 Å². The SMILES string of the molecule is CC/C=C\C/C=C\C/C=C\CCCC(=O)OCC(COC(=O)CCCCCCCCC/C=C\CCCCCC)OC(=O)CCCCCCC/C=C\C/C=C\CC. The van der Waals surface area contributed by atoms with Crippen LogP contribution in [0.5, 0.6) is 0 Å². The first kappa shape index (κ1) is 52.9. The Bertz CT molecular complexity index is 1080. The molecular weight excluding hydrogens is 697 g/mol. The third-order valence-corrected chi connectivity index (χ3v) is 9.43. The lowest BCUT2D eigenvalue weighted by Crippen LogP contribution is -2.30. The molecule has 0 radical (unpaired) electrons. The highest BCUT2D eigenvalue weighted by Crippen LogP contribution is 2.13. The van der Waals surface area contributed by atoms with Crippen molar-refractivity contribution in [2.75, 3.05) is 13.2 Å². The highest BCUT2D eigenvalue weighted by molar-refractivity contribution is 5.71. The predicted octanol–water partition coefficient (Wildman–Crippen LogP) is 14.7. The molecule has 0 rings (SSSR count). The van der Waals surface area contributed by atoms with Gasteiger partial charge in [0.15, 0.2) is 6.10 Å². The summed E-state index contributed by atoms with van der Waals surface area (Å²) in [5.41, 5.74) is 0. The van der Waals surface area contributed by atoms with E-state index in [-0.39, 0.29) is 37.5 Å². The molecule has 1 unspecified atom stereocenters. The van der Waals surface area contributed by atoms with Crippen LogP contribution in [-0.2, 0) is 28.6 Å². The Hall–Kier alpha value is -3.15. The highest BCUT2D eigenvalue weighted by Gasteiger charge is 2.19. The lowest BCUT2D eigenvalue weighted by molar-refractivity contribution is -0.167. The minimum absolute atomic E-state index is 0.0999.